The van der Waals surface area contributed by atoms with Crippen molar-refractivity contribution in [1.82, 2.24) is 5.32 Å². The fourth-order valence-electron chi connectivity index (χ4n) is 3.04. The van der Waals surface area contributed by atoms with Crippen LogP contribution in [0.3, 0.4) is 0 Å². The molecule has 0 aliphatic heterocycles. The molecule has 6 heteroatoms. The summed E-state index contributed by atoms with van der Waals surface area (Å²) < 4.78 is 39.5. The van der Waals surface area contributed by atoms with Crippen LogP contribution in [0.25, 0.3) is 0 Å². The SMILES string of the molecule is CCNC(c1ccc(Cl)s1)C1CCCC(C(F)(F)F)C1. The lowest BCUT2D eigenvalue weighted by atomic mass is 9.77. The van der Waals surface area contributed by atoms with Crippen LogP contribution < -0.4 is 5.32 Å². The van der Waals surface area contributed by atoms with Gasteiger partial charge in [0.25, 0.3) is 0 Å². The smallest absolute Gasteiger partial charge is 0.309 e. The summed E-state index contributed by atoms with van der Waals surface area (Å²) in [5, 5.41) is 3.34. The molecular formula is C14H19ClF3NS. The number of thiophene rings is 1. The monoisotopic (exact) mass is 325 g/mol. The highest BCUT2D eigenvalue weighted by Crippen LogP contribution is 2.45. The van der Waals surface area contributed by atoms with E-state index < -0.39 is 12.1 Å². The summed E-state index contributed by atoms with van der Waals surface area (Å²) in [7, 11) is 0. The number of alkyl halides is 3. The number of halogens is 4. The van der Waals surface area contributed by atoms with E-state index in [0.717, 1.165) is 17.8 Å². The molecule has 20 heavy (non-hydrogen) atoms. The van der Waals surface area contributed by atoms with E-state index in [4.69, 9.17) is 11.6 Å². The van der Waals surface area contributed by atoms with E-state index in [1.54, 1.807) is 0 Å². The van der Waals surface area contributed by atoms with Crippen LogP contribution in [0.15, 0.2) is 12.1 Å². The lowest BCUT2D eigenvalue weighted by molar-refractivity contribution is -0.186. The molecule has 0 spiro atoms. The van der Waals surface area contributed by atoms with Gasteiger partial charge in [-0.1, -0.05) is 24.9 Å². The normalized spacial score (nSPS) is 25.6. The second kappa shape index (κ2) is 6.67. The molecule has 1 saturated carbocycles. The van der Waals surface area contributed by atoms with E-state index in [1.165, 1.54) is 11.3 Å². The van der Waals surface area contributed by atoms with E-state index in [2.05, 4.69) is 5.32 Å². The number of hydrogen-bond donors (Lipinski definition) is 1. The van der Waals surface area contributed by atoms with E-state index in [1.807, 2.05) is 19.1 Å². The zero-order valence-electron chi connectivity index (χ0n) is 11.3. The molecule has 114 valence electrons. The molecule has 1 aromatic rings. The zero-order chi connectivity index (χ0) is 14.8. The van der Waals surface area contributed by atoms with Gasteiger partial charge in [0.2, 0.25) is 0 Å². The van der Waals surface area contributed by atoms with E-state index in [0.29, 0.717) is 10.8 Å². The third-order valence-corrected chi connectivity index (χ3v) is 5.29. The molecule has 1 heterocycles. The van der Waals surface area contributed by atoms with Crippen LogP contribution in [0.5, 0.6) is 0 Å². The molecule has 1 N–H and O–H groups in total. The minimum absolute atomic E-state index is 0.0114. The van der Waals surface area contributed by atoms with Crippen LogP contribution in [0.2, 0.25) is 4.34 Å². The molecule has 3 unspecified atom stereocenters. The first-order valence-electron chi connectivity index (χ1n) is 6.97. The molecule has 0 aromatic carbocycles. The zero-order valence-corrected chi connectivity index (χ0v) is 12.9. The number of rotatable bonds is 4. The van der Waals surface area contributed by atoms with Gasteiger partial charge >= 0.3 is 6.18 Å². The predicted octanol–water partition coefficient (Wildman–Crippen LogP) is 5.42. The van der Waals surface area contributed by atoms with Gasteiger partial charge in [-0.15, -0.1) is 11.3 Å². The molecule has 0 amide bonds. The first-order chi connectivity index (χ1) is 9.41. The first-order valence-corrected chi connectivity index (χ1v) is 8.16. The second-order valence-electron chi connectivity index (χ2n) is 5.34. The average Bonchev–Trinajstić information content (AvgIpc) is 2.81. The molecule has 0 radical (unpaired) electrons. The van der Waals surface area contributed by atoms with Gasteiger partial charge in [0, 0.05) is 10.9 Å². The third-order valence-electron chi connectivity index (χ3n) is 3.97. The molecule has 0 saturated heterocycles. The number of hydrogen-bond acceptors (Lipinski definition) is 2. The third kappa shape index (κ3) is 3.89. The predicted molar refractivity (Wildman–Crippen MR) is 77.2 cm³/mol. The van der Waals surface area contributed by atoms with Gasteiger partial charge in [0.05, 0.1) is 10.3 Å². The largest absolute Gasteiger partial charge is 0.391 e. The Morgan fingerprint density at radius 3 is 2.70 bits per heavy atom. The molecule has 2 rings (SSSR count). The second-order valence-corrected chi connectivity index (χ2v) is 7.09. The maximum Gasteiger partial charge on any atom is 0.391 e. The minimum atomic E-state index is -4.07. The Morgan fingerprint density at radius 2 is 2.15 bits per heavy atom. The summed E-state index contributed by atoms with van der Waals surface area (Å²) in [6.45, 7) is 2.72. The van der Waals surface area contributed by atoms with Gasteiger partial charge in [-0.2, -0.15) is 13.2 Å². The fraction of sp³-hybridized carbons (Fsp3) is 0.714. The van der Waals surface area contributed by atoms with E-state index in [9.17, 15) is 13.2 Å². The van der Waals surface area contributed by atoms with Crippen LogP contribution >= 0.6 is 22.9 Å². The van der Waals surface area contributed by atoms with Crippen LogP contribution in [0.4, 0.5) is 13.2 Å². The summed E-state index contributed by atoms with van der Waals surface area (Å²) >= 11 is 7.42. The van der Waals surface area contributed by atoms with Crippen molar-refractivity contribution in [2.45, 2.75) is 44.8 Å². The lowest BCUT2D eigenvalue weighted by Crippen LogP contribution is -2.35. The van der Waals surface area contributed by atoms with Gasteiger partial charge in [0.15, 0.2) is 0 Å². The van der Waals surface area contributed by atoms with Crippen LogP contribution in [0, 0.1) is 11.8 Å². The van der Waals surface area contributed by atoms with Gasteiger partial charge in [-0.3, -0.25) is 0 Å². The molecule has 1 aliphatic rings. The minimum Gasteiger partial charge on any atom is -0.309 e. The Hall–Kier alpha value is -0.260. The van der Waals surface area contributed by atoms with Crippen molar-refractivity contribution in [3.8, 4) is 0 Å². The quantitative estimate of drug-likeness (QED) is 0.779. The van der Waals surface area contributed by atoms with Crippen molar-refractivity contribution < 1.29 is 13.2 Å². The van der Waals surface area contributed by atoms with Crippen molar-refractivity contribution in [1.29, 1.82) is 0 Å². The molecule has 1 aromatic heterocycles. The number of nitrogens with one attached hydrogen (secondary N) is 1. The molecule has 3 atom stereocenters. The molecule has 0 bridgehead atoms. The highest BCUT2D eigenvalue weighted by atomic mass is 35.5. The molecular weight excluding hydrogens is 307 g/mol. The van der Waals surface area contributed by atoms with Gasteiger partial charge in [0.1, 0.15) is 0 Å². The molecule has 1 aliphatic carbocycles. The fourth-order valence-corrected chi connectivity index (χ4v) is 4.27. The topological polar surface area (TPSA) is 12.0 Å². The van der Waals surface area contributed by atoms with Crippen molar-refractivity contribution in [2.75, 3.05) is 6.54 Å². The highest BCUT2D eigenvalue weighted by molar-refractivity contribution is 7.16. The Balaban J connectivity index is 2.13. The Morgan fingerprint density at radius 1 is 1.40 bits per heavy atom. The lowest BCUT2D eigenvalue weighted by Gasteiger charge is -2.35. The Labute approximate surface area is 126 Å². The van der Waals surface area contributed by atoms with Gasteiger partial charge < -0.3 is 5.32 Å². The van der Waals surface area contributed by atoms with Crippen LogP contribution in [0.1, 0.15) is 43.5 Å². The Kier molecular flexibility index (Phi) is 5.37. The standard InChI is InChI=1S/C14H19ClF3NS/c1-2-19-13(11-6-7-12(15)20-11)9-4-3-5-10(8-9)14(16,17)18/h6-7,9-10,13,19H,2-5,8H2,1H3. The summed E-state index contributed by atoms with van der Waals surface area (Å²) in [5.74, 6) is -1.12. The van der Waals surface area contributed by atoms with Crippen molar-refractivity contribution in [3.63, 3.8) is 0 Å². The van der Waals surface area contributed by atoms with Crippen molar-refractivity contribution in [3.05, 3.63) is 21.3 Å². The first kappa shape index (κ1) is 16.1. The van der Waals surface area contributed by atoms with Crippen LogP contribution in [-0.4, -0.2) is 12.7 Å². The van der Waals surface area contributed by atoms with E-state index >= 15 is 0 Å². The average molecular weight is 326 g/mol. The van der Waals surface area contributed by atoms with Crippen LogP contribution in [-0.2, 0) is 0 Å². The molecule has 1 nitrogen and oxygen atoms in total. The summed E-state index contributed by atoms with van der Waals surface area (Å²) in [5.41, 5.74) is 0. The summed E-state index contributed by atoms with van der Waals surface area (Å²) in [4.78, 5) is 1.05. The maximum atomic E-state index is 12.9. The Bertz CT molecular complexity index is 432. The maximum absolute atomic E-state index is 12.9. The summed E-state index contributed by atoms with van der Waals surface area (Å²) in [6.07, 6.45) is -2.08. The molecule has 1 fully saturated rings. The van der Waals surface area contributed by atoms with Crippen molar-refractivity contribution >= 4 is 22.9 Å². The van der Waals surface area contributed by atoms with E-state index in [-0.39, 0.29) is 24.8 Å². The summed E-state index contributed by atoms with van der Waals surface area (Å²) in [6, 6.07) is 3.73. The van der Waals surface area contributed by atoms with Gasteiger partial charge in [-0.25, -0.2) is 0 Å². The van der Waals surface area contributed by atoms with Gasteiger partial charge in [-0.05, 0) is 43.9 Å². The highest BCUT2D eigenvalue weighted by Gasteiger charge is 2.43. The van der Waals surface area contributed by atoms with Crippen molar-refractivity contribution in [2.24, 2.45) is 11.8 Å².